The Labute approximate surface area is 283 Å². The smallest absolute Gasteiger partial charge is 0.342 e. The number of rotatable bonds is 11. The molecule has 252 valence electrons. The van der Waals surface area contributed by atoms with E-state index in [1.54, 1.807) is 56.8 Å². The monoisotopic (exact) mass is 663 g/mol. The summed E-state index contributed by atoms with van der Waals surface area (Å²) in [6.07, 6.45) is 13.2. The summed E-state index contributed by atoms with van der Waals surface area (Å²) in [7, 11) is 0. The van der Waals surface area contributed by atoms with Crippen LogP contribution in [0, 0.1) is 0 Å². The van der Waals surface area contributed by atoms with E-state index in [2.05, 4.69) is 29.9 Å². The number of esters is 2. The van der Waals surface area contributed by atoms with E-state index < -0.39 is 5.97 Å². The summed E-state index contributed by atoms with van der Waals surface area (Å²) < 4.78 is 13.6. The van der Waals surface area contributed by atoms with Crippen molar-refractivity contribution in [3.05, 3.63) is 102 Å². The normalized spacial score (nSPS) is 13.2. The maximum absolute atomic E-state index is 12.0. The fourth-order valence-electron chi connectivity index (χ4n) is 4.86. The van der Waals surface area contributed by atoms with Crippen molar-refractivity contribution in [2.75, 3.05) is 13.2 Å². The van der Waals surface area contributed by atoms with Crippen LogP contribution in [0.2, 0.25) is 0 Å². The molecule has 0 bridgehead atoms. The fraction of sp³-hybridized carbons (Fsp3) is 0.306. The van der Waals surface area contributed by atoms with Crippen LogP contribution in [-0.2, 0) is 14.3 Å². The van der Waals surface area contributed by atoms with Crippen LogP contribution in [0.4, 0.5) is 0 Å². The number of ether oxygens (including phenoxy) is 2. The fourth-order valence-corrected chi connectivity index (χ4v) is 4.86. The molecule has 0 radical (unpaired) electrons. The van der Waals surface area contributed by atoms with Gasteiger partial charge in [0.05, 0.1) is 60.3 Å². The highest BCUT2D eigenvalue weighted by Crippen LogP contribution is 2.39. The van der Waals surface area contributed by atoms with Gasteiger partial charge in [-0.05, 0) is 75.9 Å². The number of aromatic nitrogens is 7. The molecule has 2 saturated carbocycles. The van der Waals surface area contributed by atoms with Gasteiger partial charge in [0.2, 0.25) is 0 Å². The Kier molecular flexibility index (Phi) is 11.8. The number of Topliss-reactive ketones (excluding diaryl/α,β-unsaturated/α-hetero) is 1. The molecule has 49 heavy (non-hydrogen) atoms. The van der Waals surface area contributed by atoms with Crippen LogP contribution in [0.1, 0.15) is 89.2 Å². The zero-order valence-electron chi connectivity index (χ0n) is 27.3. The van der Waals surface area contributed by atoms with E-state index in [0.29, 0.717) is 35.5 Å². The molecule has 2 fully saturated rings. The van der Waals surface area contributed by atoms with Gasteiger partial charge in [0.25, 0.3) is 0 Å². The zero-order chi connectivity index (χ0) is 34.6. The lowest BCUT2D eigenvalue weighted by molar-refractivity contribution is -0.141. The standard InChI is InChI=1S/C14H15N3O2.C12H11N3O.C10H11NO3/c1-2-19-14(18)11-9-16-17(10-6-7-10)13(11)12-5-3-4-8-15-12;16-8-9-7-14-15(10-4-5-10)12(9)11-3-1-2-6-13-11;1-2-14-10(13)7-9(12)8-5-3-4-6-11-8/h3-5,8-10H,2,6-7H2,1H3;1-3,6-8,10H,4-5H2;3-6H,2,7H2,1H3. The molecule has 0 unspecified atom stereocenters. The number of aldehydes is 1. The summed E-state index contributed by atoms with van der Waals surface area (Å²) in [4.78, 5) is 57.7. The highest BCUT2D eigenvalue weighted by atomic mass is 16.5. The van der Waals surface area contributed by atoms with Crippen molar-refractivity contribution < 1.29 is 28.7 Å². The predicted molar refractivity (Wildman–Crippen MR) is 179 cm³/mol. The molecule has 0 saturated heterocycles. The highest BCUT2D eigenvalue weighted by molar-refractivity contribution is 6.04. The van der Waals surface area contributed by atoms with Crippen molar-refractivity contribution >= 4 is 24.0 Å². The molecule has 2 aliphatic carbocycles. The van der Waals surface area contributed by atoms with Gasteiger partial charge in [-0.15, -0.1) is 0 Å². The van der Waals surface area contributed by atoms with Crippen LogP contribution < -0.4 is 0 Å². The summed E-state index contributed by atoms with van der Waals surface area (Å²) in [5, 5.41) is 8.60. The largest absolute Gasteiger partial charge is 0.466 e. The molecule has 5 heterocycles. The molecule has 13 heteroatoms. The van der Waals surface area contributed by atoms with Gasteiger partial charge in [0.15, 0.2) is 12.1 Å². The minimum absolute atomic E-state index is 0.245. The second kappa shape index (κ2) is 16.8. The predicted octanol–water partition coefficient (Wildman–Crippen LogP) is 5.77. The van der Waals surface area contributed by atoms with Gasteiger partial charge >= 0.3 is 11.9 Å². The molecule has 7 rings (SSSR count). The van der Waals surface area contributed by atoms with Crippen molar-refractivity contribution in [1.82, 2.24) is 34.5 Å². The van der Waals surface area contributed by atoms with Gasteiger partial charge in [0, 0.05) is 18.6 Å². The van der Waals surface area contributed by atoms with Crippen molar-refractivity contribution in [1.29, 1.82) is 0 Å². The van der Waals surface area contributed by atoms with E-state index in [0.717, 1.165) is 54.7 Å². The van der Waals surface area contributed by atoms with Crippen molar-refractivity contribution in [3.63, 3.8) is 0 Å². The van der Waals surface area contributed by atoms with Gasteiger partial charge in [-0.2, -0.15) is 10.2 Å². The van der Waals surface area contributed by atoms with E-state index in [-0.39, 0.29) is 24.8 Å². The average molecular weight is 664 g/mol. The van der Waals surface area contributed by atoms with Gasteiger partial charge < -0.3 is 9.47 Å². The minimum Gasteiger partial charge on any atom is -0.466 e. The number of carbonyl (C=O) groups excluding carboxylic acids is 4. The van der Waals surface area contributed by atoms with Crippen LogP contribution in [0.25, 0.3) is 22.8 Å². The zero-order valence-corrected chi connectivity index (χ0v) is 27.3. The number of nitrogens with zero attached hydrogens (tertiary/aromatic N) is 7. The quantitative estimate of drug-likeness (QED) is 0.0730. The molecule has 0 atom stereocenters. The lowest BCUT2D eigenvalue weighted by Gasteiger charge is -2.07. The second-order valence-electron chi connectivity index (χ2n) is 11.1. The summed E-state index contributed by atoms with van der Waals surface area (Å²) in [5.41, 5.74) is 4.59. The van der Waals surface area contributed by atoms with Gasteiger partial charge in [-0.1, -0.05) is 18.2 Å². The first kappa shape index (κ1) is 34.5. The van der Waals surface area contributed by atoms with Gasteiger partial charge in [-0.3, -0.25) is 38.7 Å². The molecule has 2 aliphatic rings. The highest BCUT2D eigenvalue weighted by Gasteiger charge is 2.31. The molecule has 0 N–H and O–H groups in total. The lowest BCUT2D eigenvalue weighted by Crippen LogP contribution is -2.12. The van der Waals surface area contributed by atoms with Crippen LogP contribution in [-0.4, -0.2) is 71.7 Å². The third-order valence-electron chi connectivity index (χ3n) is 7.40. The Morgan fingerprint density at radius 3 is 1.80 bits per heavy atom. The van der Waals surface area contributed by atoms with Gasteiger partial charge in [0.1, 0.15) is 23.4 Å². The average Bonchev–Trinajstić information content (AvgIpc) is 4.08. The number of hydrogen-bond donors (Lipinski definition) is 0. The van der Waals surface area contributed by atoms with Crippen molar-refractivity contribution in [3.8, 4) is 22.8 Å². The van der Waals surface area contributed by atoms with Crippen molar-refractivity contribution in [2.45, 2.75) is 58.0 Å². The van der Waals surface area contributed by atoms with E-state index in [1.165, 1.54) is 6.20 Å². The summed E-state index contributed by atoms with van der Waals surface area (Å²) in [6, 6.07) is 17.1. The molecule has 0 aliphatic heterocycles. The molecule has 5 aromatic heterocycles. The third kappa shape index (κ3) is 9.15. The van der Waals surface area contributed by atoms with Crippen LogP contribution >= 0.6 is 0 Å². The number of pyridine rings is 3. The van der Waals surface area contributed by atoms with Crippen LogP contribution in [0.3, 0.4) is 0 Å². The third-order valence-corrected chi connectivity index (χ3v) is 7.40. The second-order valence-corrected chi connectivity index (χ2v) is 11.1. The van der Waals surface area contributed by atoms with E-state index in [4.69, 9.17) is 4.74 Å². The van der Waals surface area contributed by atoms with Crippen LogP contribution in [0.15, 0.2) is 85.6 Å². The maximum Gasteiger partial charge on any atom is 0.342 e. The number of hydrogen-bond acceptors (Lipinski definition) is 11. The topological polar surface area (TPSA) is 161 Å². The Morgan fingerprint density at radius 2 is 1.29 bits per heavy atom. The van der Waals surface area contributed by atoms with Crippen LogP contribution in [0.5, 0.6) is 0 Å². The summed E-state index contributed by atoms with van der Waals surface area (Å²) >= 11 is 0. The molecule has 0 spiro atoms. The Morgan fingerprint density at radius 1 is 0.735 bits per heavy atom. The van der Waals surface area contributed by atoms with Crippen molar-refractivity contribution in [2.24, 2.45) is 0 Å². The first-order valence-corrected chi connectivity index (χ1v) is 16.1. The molecular weight excluding hydrogens is 626 g/mol. The first-order chi connectivity index (χ1) is 23.9. The van der Waals surface area contributed by atoms with E-state index in [9.17, 15) is 19.2 Å². The maximum atomic E-state index is 12.0. The van der Waals surface area contributed by atoms with E-state index >= 15 is 0 Å². The lowest BCUT2D eigenvalue weighted by atomic mass is 10.2. The SMILES string of the molecule is CCOC(=O)CC(=O)c1ccccn1.CCOC(=O)c1cnn(C2CC2)c1-c1ccccn1.O=Cc1cnn(C2CC2)c1-c1ccccn1. The Bertz CT molecular complexity index is 1850. The van der Waals surface area contributed by atoms with Gasteiger partial charge in [-0.25, -0.2) is 4.79 Å². The van der Waals surface area contributed by atoms with E-state index in [1.807, 2.05) is 45.8 Å². The minimum atomic E-state index is -0.511. The Balaban J connectivity index is 0.000000145. The summed E-state index contributed by atoms with van der Waals surface area (Å²) in [5.74, 6) is -1.16. The molecule has 5 aromatic rings. The molecule has 13 nitrogen and oxygen atoms in total. The molecule has 0 aromatic carbocycles. The molecule has 0 amide bonds. The summed E-state index contributed by atoms with van der Waals surface area (Å²) in [6.45, 7) is 4.14. The number of ketones is 1. The Hall–Kier alpha value is -5.85. The first-order valence-electron chi connectivity index (χ1n) is 16.1. The molecular formula is C36H37N7O6. The number of carbonyl (C=O) groups is 4.